The lowest BCUT2D eigenvalue weighted by Gasteiger charge is -2.16. The molecule has 2 unspecified atom stereocenters. The van der Waals surface area contributed by atoms with E-state index in [0.29, 0.717) is 11.2 Å². The molecule has 1 aromatic rings. The van der Waals surface area contributed by atoms with E-state index in [-0.39, 0.29) is 0 Å². The van der Waals surface area contributed by atoms with Crippen LogP contribution in [0.1, 0.15) is 45.2 Å². The molecule has 0 aliphatic carbocycles. The third-order valence-electron chi connectivity index (χ3n) is 3.58. The summed E-state index contributed by atoms with van der Waals surface area (Å²) in [7, 11) is 0. The van der Waals surface area contributed by atoms with E-state index in [0.717, 1.165) is 19.4 Å². The molecule has 0 spiro atoms. The van der Waals surface area contributed by atoms with Gasteiger partial charge in [-0.1, -0.05) is 52.0 Å². The van der Waals surface area contributed by atoms with Gasteiger partial charge in [-0.2, -0.15) is 0 Å². The zero-order chi connectivity index (χ0) is 14.3. The van der Waals surface area contributed by atoms with Crippen molar-refractivity contribution in [1.29, 1.82) is 0 Å². The quantitative estimate of drug-likeness (QED) is 0.862. The van der Waals surface area contributed by atoms with Crippen LogP contribution in [0.4, 0.5) is 0 Å². The van der Waals surface area contributed by atoms with Crippen molar-refractivity contribution in [2.24, 2.45) is 11.7 Å². The number of thioether (sulfide) groups is 1. The second kappa shape index (κ2) is 8.44. The van der Waals surface area contributed by atoms with Gasteiger partial charge in [0.15, 0.2) is 0 Å². The molecule has 0 fully saturated rings. The average Bonchev–Trinajstić information content (AvgIpc) is 2.79. The highest BCUT2D eigenvalue weighted by atomic mass is 32.2. The van der Waals surface area contributed by atoms with Gasteiger partial charge in [-0.15, -0.1) is 11.8 Å². The molecule has 1 nitrogen and oxygen atoms in total. The van der Waals surface area contributed by atoms with Gasteiger partial charge in [-0.3, -0.25) is 0 Å². The highest BCUT2D eigenvalue weighted by Crippen LogP contribution is 2.41. The Kier molecular flexibility index (Phi) is 7.25. The normalized spacial score (nSPS) is 21.6. The second-order valence-electron chi connectivity index (χ2n) is 4.75. The van der Waals surface area contributed by atoms with Gasteiger partial charge in [-0.05, 0) is 47.4 Å². The minimum Gasteiger partial charge on any atom is -0.330 e. The summed E-state index contributed by atoms with van der Waals surface area (Å²) in [6.45, 7) is 9.41. The number of aryl methyl sites for hydroxylation is 1. The lowest BCUT2D eigenvalue weighted by molar-refractivity contribution is 0.745. The van der Waals surface area contributed by atoms with Crippen molar-refractivity contribution in [3.05, 3.63) is 40.8 Å². The molecule has 1 heterocycles. The largest absolute Gasteiger partial charge is 0.330 e. The molecular formula is C17H27NS. The molecule has 1 aliphatic heterocycles. The van der Waals surface area contributed by atoms with E-state index in [1.165, 1.54) is 16.7 Å². The first-order valence-corrected chi connectivity index (χ1v) is 8.32. The molecule has 19 heavy (non-hydrogen) atoms. The number of hydrogen-bond donors (Lipinski definition) is 1. The first kappa shape index (κ1) is 16.3. The fraction of sp³-hybridized carbons (Fsp3) is 0.529. The maximum Gasteiger partial charge on any atom is 0.0127 e. The van der Waals surface area contributed by atoms with Gasteiger partial charge >= 0.3 is 0 Å². The summed E-state index contributed by atoms with van der Waals surface area (Å²) in [4.78, 5) is 0. The van der Waals surface area contributed by atoms with Gasteiger partial charge in [0.1, 0.15) is 0 Å². The van der Waals surface area contributed by atoms with Crippen LogP contribution in [-0.2, 0) is 6.42 Å². The van der Waals surface area contributed by atoms with Crippen LogP contribution < -0.4 is 5.73 Å². The molecule has 2 rings (SSSR count). The SMILES string of the molecule is CC.CC1SC=C(c2ccccc2CCCN)C1C. The summed E-state index contributed by atoms with van der Waals surface area (Å²) >= 11 is 1.95. The van der Waals surface area contributed by atoms with Crippen molar-refractivity contribution < 1.29 is 0 Å². The standard InChI is InChI=1S/C15H21NS.C2H6/c1-11-12(2)17-10-15(11)14-8-4-3-6-13(14)7-5-9-16;1-2/h3-4,6,8,10-12H,5,7,9,16H2,1-2H3;1-2H3. The van der Waals surface area contributed by atoms with E-state index in [4.69, 9.17) is 5.73 Å². The summed E-state index contributed by atoms with van der Waals surface area (Å²) in [5.41, 5.74) is 10.0. The van der Waals surface area contributed by atoms with Gasteiger partial charge in [-0.25, -0.2) is 0 Å². The first-order chi connectivity index (χ1) is 9.24. The number of allylic oxidation sites excluding steroid dienone is 1. The van der Waals surface area contributed by atoms with E-state index in [9.17, 15) is 0 Å². The lowest BCUT2D eigenvalue weighted by atomic mass is 9.89. The van der Waals surface area contributed by atoms with Crippen molar-refractivity contribution in [3.63, 3.8) is 0 Å². The molecule has 0 bridgehead atoms. The third-order valence-corrected chi connectivity index (χ3v) is 4.81. The van der Waals surface area contributed by atoms with Crippen molar-refractivity contribution in [3.8, 4) is 0 Å². The smallest absolute Gasteiger partial charge is 0.0127 e. The van der Waals surface area contributed by atoms with Crippen LogP contribution in [0.5, 0.6) is 0 Å². The Morgan fingerprint density at radius 2 is 1.84 bits per heavy atom. The van der Waals surface area contributed by atoms with Crippen molar-refractivity contribution in [2.75, 3.05) is 6.54 Å². The number of benzene rings is 1. The van der Waals surface area contributed by atoms with Gasteiger partial charge in [0, 0.05) is 5.25 Å². The highest BCUT2D eigenvalue weighted by Gasteiger charge is 2.24. The number of rotatable bonds is 4. The molecule has 0 amide bonds. The Morgan fingerprint density at radius 3 is 2.42 bits per heavy atom. The maximum atomic E-state index is 5.61. The van der Waals surface area contributed by atoms with Crippen molar-refractivity contribution in [1.82, 2.24) is 0 Å². The molecule has 106 valence electrons. The van der Waals surface area contributed by atoms with E-state index in [1.807, 2.05) is 25.6 Å². The minimum atomic E-state index is 0.652. The van der Waals surface area contributed by atoms with Gasteiger partial charge in [0.05, 0.1) is 0 Å². The fourth-order valence-electron chi connectivity index (χ4n) is 2.28. The highest BCUT2D eigenvalue weighted by molar-refractivity contribution is 8.03. The molecule has 0 radical (unpaired) electrons. The van der Waals surface area contributed by atoms with Crippen LogP contribution in [0.2, 0.25) is 0 Å². The Balaban J connectivity index is 0.000000861. The van der Waals surface area contributed by atoms with Gasteiger partial charge < -0.3 is 5.73 Å². The summed E-state index contributed by atoms with van der Waals surface area (Å²) in [5, 5.41) is 3.05. The Morgan fingerprint density at radius 1 is 1.16 bits per heavy atom. The Bertz CT molecular complexity index is 411. The van der Waals surface area contributed by atoms with E-state index >= 15 is 0 Å². The average molecular weight is 277 g/mol. The van der Waals surface area contributed by atoms with Crippen molar-refractivity contribution >= 4 is 17.3 Å². The minimum absolute atomic E-state index is 0.652. The molecule has 0 saturated carbocycles. The van der Waals surface area contributed by atoms with Crippen molar-refractivity contribution in [2.45, 2.75) is 45.8 Å². The fourth-order valence-corrected chi connectivity index (χ4v) is 3.37. The summed E-state index contributed by atoms with van der Waals surface area (Å²) in [5.74, 6) is 0.652. The molecule has 0 aromatic heterocycles. The summed E-state index contributed by atoms with van der Waals surface area (Å²) in [6, 6.07) is 8.77. The zero-order valence-corrected chi connectivity index (χ0v) is 13.5. The first-order valence-electron chi connectivity index (χ1n) is 7.38. The lowest BCUT2D eigenvalue weighted by Crippen LogP contribution is -2.08. The third kappa shape index (κ3) is 4.12. The molecule has 1 aromatic carbocycles. The van der Waals surface area contributed by atoms with Crippen LogP contribution in [-0.4, -0.2) is 11.8 Å². The number of hydrogen-bond acceptors (Lipinski definition) is 2. The zero-order valence-electron chi connectivity index (χ0n) is 12.6. The second-order valence-corrected chi connectivity index (χ2v) is 6.00. The maximum absolute atomic E-state index is 5.61. The molecule has 2 N–H and O–H groups in total. The number of nitrogens with two attached hydrogens (primary N) is 1. The Labute approximate surface area is 122 Å². The Hall–Kier alpha value is -0.730. The van der Waals surface area contributed by atoms with Crippen LogP contribution in [0.15, 0.2) is 29.7 Å². The van der Waals surface area contributed by atoms with Crippen LogP contribution in [0.3, 0.4) is 0 Å². The molecule has 0 saturated heterocycles. The molecular weight excluding hydrogens is 250 g/mol. The van der Waals surface area contributed by atoms with E-state index in [2.05, 4.69) is 43.5 Å². The van der Waals surface area contributed by atoms with Gasteiger partial charge in [0.2, 0.25) is 0 Å². The van der Waals surface area contributed by atoms with Gasteiger partial charge in [0.25, 0.3) is 0 Å². The molecule has 2 heteroatoms. The van der Waals surface area contributed by atoms with Crippen LogP contribution in [0, 0.1) is 5.92 Å². The summed E-state index contributed by atoms with van der Waals surface area (Å²) < 4.78 is 0. The van der Waals surface area contributed by atoms with E-state index in [1.54, 1.807) is 0 Å². The summed E-state index contributed by atoms with van der Waals surface area (Å²) in [6.07, 6.45) is 2.16. The van der Waals surface area contributed by atoms with E-state index < -0.39 is 0 Å². The van der Waals surface area contributed by atoms with Crippen LogP contribution >= 0.6 is 11.8 Å². The predicted octanol–water partition coefficient (Wildman–Crippen LogP) is 4.72. The topological polar surface area (TPSA) is 26.0 Å². The monoisotopic (exact) mass is 277 g/mol. The molecule has 1 aliphatic rings. The molecule has 2 atom stereocenters. The van der Waals surface area contributed by atoms with Crippen LogP contribution in [0.25, 0.3) is 5.57 Å². The predicted molar refractivity (Wildman–Crippen MR) is 89.4 cm³/mol.